The molecule has 3 aromatic heterocycles. The minimum Gasteiger partial charge on any atom is -0.486 e. The number of hydrogen-bond donors (Lipinski definition) is 2. The van der Waals surface area contributed by atoms with Gasteiger partial charge >= 0.3 is 12.1 Å². The molecule has 9 nitrogen and oxygen atoms in total. The summed E-state index contributed by atoms with van der Waals surface area (Å²) < 4.78 is 50.4. The Kier molecular flexibility index (Phi) is 6.53. The van der Waals surface area contributed by atoms with Crippen LogP contribution in [0.1, 0.15) is 37.9 Å². The number of carbonyl (C=O) groups excluding carboxylic acids is 2. The molecule has 2 N–H and O–H groups in total. The van der Waals surface area contributed by atoms with E-state index in [2.05, 4.69) is 20.9 Å². The normalized spacial score (nSPS) is 11.2. The van der Waals surface area contributed by atoms with Crippen molar-refractivity contribution in [1.82, 2.24) is 25.6 Å². The molecule has 0 atom stereocenters. The number of aromatic nitrogens is 3. The summed E-state index contributed by atoms with van der Waals surface area (Å²) in [4.78, 5) is 28.6. The van der Waals surface area contributed by atoms with E-state index in [9.17, 15) is 22.8 Å². The summed E-state index contributed by atoms with van der Waals surface area (Å²) in [6, 6.07) is 14.1. The van der Waals surface area contributed by atoms with Crippen molar-refractivity contribution in [2.75, 3.05) is 0 Å². The zero-order valence-corrected chi connectivity index (χ0v) is 18.2. The van der Waals surface area contributed by atoms with Gasteiger partial charge in [-0.05, 0) is 43.3 Å². The van der Waals surface area contributed by atoms with Crippen LogP contribution < -0.4 is 15.6 Å². The number of pyridine rings is 1. The molecule has 180 valence electrons. The molecule has 35 heavy (non-hydrogen) atoms. The number of carbonyl (C=O) groups is 2. The number of furan rings is 1. The topological polar surface area (TPSA) is 111 Å². The van der Waals surface area contributed by atoms with Crippen LogP contribution in [0.15, 0.2) is 71.4 Å². The Morgan fingerprint density at radius 2 is 1.74 bits per heavy atom. The van der Waals surface area contributed by atoms with Crippen LogP contribution in [0, 0.1) is 6.92 Å². The van der Waals surface area contributed by atoms with E-state index in [0.29, 0.717) is 23.4 Å². The highest BCUT2D eigenvalue weighted by molar-refractivity contribution is 5.98. The monoisotopic (exact) mass is 485 g/mol. The van der Waals surface area contributed by atoms with Gasteiger partial charge in [0.1, 0.15) is 18.1 Å². The molecule has 0 aliphatic carbocycles. The molecule has 0 spiro atoms. The van der Waals surface area contributed by atoms with Crippen molar-refractivity contribution in [3.8, 4) is 11.6 Å². The molecular formula is C23H18F3N5O4. The van der Waals surface area contributed by atoms with E-state index in [4.69, 9.17) is 9.15 Å². The molecule has 0 unspecified atom stereocenters. The van der Waals surface area contributed by atoms with Crippen LogP contribution in [0.2, 0.25) is 0 Å². The van der Waals surface area contributed by atoms with Crippen LogP contribution in [0.4, 0.5) is 13.2 Å². The minimum atomic E-state index is -4.52. The van der Waals surface area contributed by atoms with Gasteiger partial charge in [0.05, 0.1) is 23.0 Å². The Labute approximate surface area is 196 Å². The average molecular weight is 485 g/mol. The van der Waals surface area contributed by atoms with Gasteiger partial charge in [-0.3, -0.25) is 20.4 Å². The van der Waals surface area contributed by atoms with Gasteiger partial charge in [0.15, 0.2) is 11.6 Å². The van der Waals surface area contributed by atoms with E-state index >= 15 is 0 Å². The SMILES string of the molecule is Cc1c(C(=O)NNC(=O)c2ccc(COc3ccccc3)o2)cnn1-c1ccc(C(F)(F)F)cn1. The molecule has 0 aliphatic heterocycles. The first-order valence-corrected chi connectivity index (χ1v) is 10.2. The van der Waals surface area contributed by atoms with Gasteiger partial charge in [-0.15, -0.1) is 0 Å². The first-order chi connectivity index (χ1) is 16.7. The van der Waals surface area contributed by atoms with Gasteiger partial charge < -0.3 is 9.15 Å². The van der Waals surface area contributed by atoms with E-state index < -0.39 is 23.6 Å². The molecule has 0 saturated heterocycles. The number of para-hydroxylation sites is 1. The van der Waals surface area contributed by atoms with E-state index in [0.717, 1.165) is 12.1 Å². The maximum absolute atomic E-state index is 12.7. The van der Waals surface area contributed by atoms with Crippen LogP contribution in [0.25, 0.3) is 5.82 Å². The van der Waals surface area contributed by atoms with Crippen LogP contribution in [-0.2, 0) is 12.8 Å². The number of amides is 2. The highest BCUT2D eigenvalue weighted by Gasteiger charge is 2.31. The fraction of sp³-hybridized carbons (Fsp3) is 0.130. The lowest BCUT2D eigenvalue weighted by molar-refractivity contribution is -0.137. The van der Waals surface area contributed by atoms with Crippen LogP contribution in [-0.4, -0.2) is 26.6 Å². The number of halogens is 3. The van der Waals surface area contributed by atoms with E-state index in [1.165, 1.54) is 23.9 Å². The predicted molar refractivity (Wildman–Crippen MR) is 116 cm³/mol. The number of alkyl halides is 3. The molecule has 3 heterocycles. The maximum Gasteiger partial charge on any atom is 0.417 e. The molecule has 0 fully saturated rings. The Morgan fingerprint density at radius 3 is 2.43 bits per heavy atom. The summed E-state index contributed by atoms with van der Waals surface area (Å²) in [5, 5.41) is 4.00. The molecule has 2 amide bonds. The molecule has 4 aromatic rings. The zero-order chi connectivity index (χ0) is 25.0. The van der Waals surface area contributed by atoms with Gasteiger partial charge in [0, 0.05) is 6.20 Å². The van der Waals surface area contributed by atoms with Crippen molar-refractivity contribution in [2.24, 2.45) is 0 Å². The highest BCUT2D eigenvalue weighted by Crippen LogP contribution is 2.28. The van der Waals surface area contributed by atoms with Crippen molar-refractivity contribution in [3.63, 3.8) is 0 Å². The van der Waals surface area contributed by atoms with Gasteiger partial charge in [-0.1, -0.05) is 18.2 Å². The second-order valence-electron chi connectivity index (χ2n) is 7.23. The smallest absolute Gasteiger partial charge is 0.417 e. The summed E-state index contributed by atoms with van der Waals surface area (Å²) in [5.74, 6) is -0.277. The van der Waals surface area contributed by atoms with Gasteiger partial charge in [0.2, 0.25) is 0 Å². The molecule has 0 aliphatic rings. The van der Waals surface area contributed by atoms with Gasteiger partial charge in [-0.25, -0.2) is 9.67 Å². The number of ether oxygens (including phenoxy) is 1. The number of nitrogens with zero attached hydrogens (tertiary/aromatic N) is 3. The van der Waals surface area contributed by atoms with Crippen molar-refractivity contribution in [3.05, 3.63) is 95.3 Å². The largest absolute Gasteiger partial charge is 0.486 e. The second-order valence-corrected chi connectivity index (χ2v) is 7.23. The van der Waals surface area contributed by atoms with E-state index in [-0.39, 0.29) is 23.7 Å². The predicted octanol–water partition coefficient (Wildman–Crippen LogP) is 3.84. The van der Waals surface area contributed by atoms with Crippen molar-refractivity contribution < 1.29 is 31.9 Å². The summed E-state index contributed by atoms with van der Waals surface area (Å²) in [5.41, 5.74) is 3.97. The Balaban J connectivity index is 1.35. The summed E-state index contributed by atoms with van der Waals surface area (Å²) in [6.45, 7) is 1.65. The fourth-order valence-corrected chi connectivity index (χ4v) is 3.03. The zero-order valence-electron chi connectivity index (χ0n) is 18.2. The van der Waals surface area contributed by atoms with Crippen molar-refractivity contribution in [2.45, 2.75) is 19.7 Å². The third-order valence-electron chi connectivity index (χ3n) is 4.85. The Morgan fingerprint density at radius 1 is 1.00 bits per heavy atom. The lowest BCUT2D eigenvalue weighted by atomic mass is 10.2. The summed E-state index contributed by atoms with van der Waals surface area (Å²) in [7, 11) is 0. The third kappa shape index (κ3) is 5.49. The van der Waals surface area contributed by atoms with Crippen LogP contribution in [0.5, 0.6) is 5.75 Å². The molecule has 12 heteroatoms. The quantitative estimate of drug-likeness (QED) is 0.402. The lowest BCUT2D eigenvalue weighted by Crippen LogP contribution is -2.41. The van der Waals surface area contributed by atoms with Gasteiger partial charge in [0.25, 0.3) is 5.91 Å². The standard InChI is InChI=1S/C23H18F3N5O4/c1-14-18(12-28-31(14)20-10-7-15(11-27-20)23(24,25)26)21(32)29-30-22(33)19-9-8-17(35-19)13-34-16-5-3-2-4-6-16/h2-12H,13H2,1H3,(H,29,32)(H,30,33). The minimum absolute atomic E-state index is 0.0432. The first-order valence-electron chi connectivity index (χ1n) is 10.2. The Bertz CT molecular complexity index is 1330. The maximum atomic E-state index is 12.7. The summed E-state index contributed by atoms with van der Waals surface area (Å²) >= 11 is 0. The number of hydrogen-bond acceptors (Lipinski definition) is 6. The van der Waals surface area contributed by atoms with E-state index in [1.54, 1.807) is 18.2 Å². The molecule has 1 aromatic carbocycles. The number of benzene rings is 1. The van der Waals surface area contributed by atoms with Gasteiger partial charge in [-0.2, -0.15) is 18.3 Å². The van der Waals surface area contributed by atoms with Crippen LogP contribution in [0.3, 0.4) is 0 Å². The van der Waals surface area contributed by atoms with Crippen LogP contribution >= 0.6 is 0 Å². The molecule has 0 radical (unpaired) electrons. The Hall–Kier alpha value is -4.61. The average Bonchev–Trinajstić information content (AvgIpc) is 3.48. The molecule has 0 saturated carbocycles. The molecule has 0 bridgehead atoms. The number of hydrazine groups is 1. The fourth-order valence-electron chi connectivity index (χ4n) is 3.03. The van der Waals surface area contributed by atoms with Crippen molar-refractivity contribution in [1.29, 1.82) is 0 Å². The lowest BCUT2D eigenvalue weighted by Gasteiger charge is -2.08. The molecular weight excluding hydrogens is 467 g/mol. The second kappa shape index (κ2) is 9.71. The summed E-state index contributed by atoms with van der Waals surface area (Å²) in [6.07, 6.45) is -2.63. The molecule has 4 rings (SSSR count). The van der Waals surface area contributed by atoms with Crippen molar-refractivity contribution >= 4 is 11.8 Å². The first kappa shape index (κ1) is 23.5. The number of nitrogens with one attached hydrogen (secondary N) is 2. The third-order valence-corrected chi connectivity index (χ3v) is 4.85. The number of rotatable bonds is 6. The highest BCUT2D eigenvalue weighted by atomic mass is 19.4. The van der Waals surface area contributed by atoms with E-state index in [1.807, 2.05) is 18.2 Å².